The number of carbonyl (C=O) groups is 1. The van der Waals surface area contributed by atoms with E-state index in [0.29, 0.717) is 22.9 Å². The fourth-order valence-electron chi connectivity index (χ4n) is 2.44. The van der Waals surface area contributed by atoms with E-state index in [9.17, 15) is 18.0 Å². The van der Waals surface area contributed by atoms with E-state index in [1.807, 2.05) is 0 Å². The molecule has 0 spiro atoms. The Balaban J connectivity index is 1.90. The Bertz CT molecular complexity index is 965. The second-order valence-electron chi connectivity index (χ2n) is 5.58. The van der Waals surface area contributed by atoms with Gasteiger partial charge < -0.3 is 5.32 Å². The van der Waals surface area contributed by atoms with Crippen molar-refractivity contribution in [3.05, 3.63) is 59.7 Å². The van der Waals surface area contributed by atoms with Crippen LogP contribution in [0.3, 0.4) is 0 Å². The first-order valence-electron chi connectivity index (χ1n) is 7.58. The molecule has 6 nitrogen and oxygen atoms in total. The summed E-state index contributed by atoms with van der Waals surface area (Å²) in [6, 6.07) is 6.33. The SMILES string of the molecule is CC(=O)c1cnn(-c2cc(Nc3cccc(C(F)(F)F)c3)ncn2)c1C. The van der Waals surface area contributed by atoms with Crippen molar-refractivity contribution in [2.75, 3.05) is 5.32 Å². The highest BCUT2D eigenvalue weighted by Gasteiger charge is 2.30. The summed E-state index contributed by atoms with van der Waals surface area (Å²) in [6.07, 6.45) is -1.72. The van der Waals surface area contributed by atoms with Crippen molar-refractivity contribution in [1.82, 2.24) is 19.7 Å². The normalized spacial score (nSPS) is 11.4. The van der Waals surface area contributed by atoms with Crippen LogP contribution in [0.1, 0.15) is 28.5 Å². The summed E-state index contributed by atoms with van der Waals surface area (Å²) in [5.74, 6) is 0.568. The molecule has 0 aliphatic rings. The average molecular weight is 361 g/mol. The minimum atomic E-state index is -4.43. The van der Waals surface area contributed by atoms with Crippen molar-refractivity contribution in [3.63, 3.8) is 0 Å². The van der Waals surface area contributed by atoms with Crippen molar-refractivity contribution in [2.24, 2.45) is 0 Å². The summed E-state index contributed by atoms with van der Waals surface area (Å²) < 4.78 is 39.9. The van der Waals surface area contributed by atoms with Crippen LogP contribution in [0.25, 0.3) is 5.82 Å². The zero-order chi connectivity index (χ0) is 18.9. The molecule has 0 aliphatic heterocycles. The van der Waals surface area contributed by atoms with Crippen molar-refractivity contribution in [3.8, 4) is 5.82 Å². The van der Waals surface area contributed by atoms with E-state index >= 15 is 0 Å². The molecule has 0 amide bonds. The van der Waals surface area contributed by atoms with Crippen LogP contribution in [0.5, 0.6) is 0 Å². The Hall–Kier alpha value is -3.23. The van der Waals surface area contributed by atoms with E-state index in [1.54, 1.807) is 6.92 Å². The number of ketones is 1. The second-order valence-corrected chi connectivity index (χ2v) is 5.58. The first-order valence-corrected chi connectivity index (χ1v) is 7.58. The van der Waals surface area contributed by atoms with Crippen LogP contribution in [0.15, 0.2) is 42.9 Å². The van der Waals surface area contributed by atoms with Gasteiger partial charge in [0.25, 0.3) is 0 Å². The summed E-state index contributed by atoms with van der Waals surface area (Å²) in [4.78, 5) is 19.7. The Labute approximate surface area is 146 Å². The third kappa shape index (κ3) is 3.56. The van der Waals surface area contributed by atoms with E-state index in [-0.39, 0.29) is 11.5 Å². The number of halogens is 3. The molecule has 1 N–H and O–H groups in total. The number of aromatic nitrogens is 4. The molecule has 26 heavy (non-hydrogen) atoms. The average Bonchev–Trinajstić information content (AvgIpc) is 2.96. The van der Waals surface area contributed by atoms with Gasteiger partial charge in [0.15, 0.2) is 11.6 Å². The number of Topliss-reactive ketones (excluding diaryl/α,β-unsaturated/α-hetero) is 1. The molecule has 0 saturated heterocycles. The molecule has 9 heteroatoms. The number of hydrogen-bond donors (Lipinski definition) is 1. The highest BCUT2D eigenvalue weighted by atomic mass is 19.4. The first-order chi connectivity index (χ1) is 12.3. The molecule has 0 bridgehead atoms. The number of carbonyl (C=O) groups excluding carboxylic acids is 1. The van der Waals surface area contributed by atoms with Gasteiger partial charge in [0, 0.05) is 11.8 Å². The molecule has 0 radical (unpaired) electrons. The van der Waals surface area contributed by atoms with Crippen LogP contribution < -0.4 is 5.32 Å². The van der Waals surface area contributed by atoms with Crippen LogP contribution in [0.2, 0.25) is 0 Å². The quantitative estimate of drug-likeness (QED) is 0.713. The largest absolute Gasteiger partial charge is 0.416 e. The predicted molar refractivity (Wildman–Crippen MR) is 88.6 cm³/mol. The molecule has 3 rings (SSSR count). The lowest BCUT2D eigenvalue weighted by atomic mass is 10.2. The Kier molecular flexibility index (Phi) is 4.45. The molecule has 0 aliphatic carbocycles. The maximum absolute atomic E-state index is 12.8. The third-order valence-corrected chi connectivity index (χ3v) is 3.72. The van der Waals surface area contributed by atoms with Gasteiger partial charge in [0.2, 0.25) is 0 Å². The standard InChI is InChI=1S/C17H14F3N5O/c1-10-14(11(2)26)8-23-25(10)16-7-15(21-9-22-16)24-13-5-3-4-12(6-13)17(18,19)20/h3-9H,1-2H3,(H,21,22,24). The van der Waals surface area contributed by atoms with Gasteiger partial charge in [0.05, 0.1) is 23.0 Å². The lowest BCUT2D eigenvalue weighted by Gasteiger charge is -2.11. The Morgan fingerprint density at radius 1 is 1.19 bits per heavy atom. The summed E-state index contributed by atoms with van der Waals surface area (Å²) in [5, 5.41) is 6.95. The van der Waals surface area contributed by atoms with Crippen molar-refractivity contribution < 1.29 is 18.0 Å². The highest BCUT2D eigenvalue weighted by molar-refractivity contribution is 5.95. The zero-order valence-electron chi connectivity index (χ0n) is 13.9. The third-order valence-electron chi connectivity index (χ3n) is 3.72. The number of hydrogen-bond acceptors (Lipinski definition) is 5. The van der Waals surface area contributed by atoms with Gasteiger partial charge in [-0.25, -0.2) is 14.6 Å². The number of benzene rings is 1. The summed E-state index contributed by atoms with van der Waals surface area (Å²) in [6.45, 7) is 3.17. The van der Waals surface area contributed by atoms with Crippen molar-refractivity contribution in [2.45, 2.75) is 20.0 Å². The fraction of sp³-hybridized carbons (Fsp3) is 0.176. The molecule has 0 atom stereocenters. The number of nitrogens with one attached hydrogen (secondary N) is 1. The Morgan fingerprint density at radius 3 is 2.62 bits per heavy atom. The molecule has 3 aromatic rings. The number of anilines is 2. The molecule has 0 unspecified atom stereocenters. The summed E-state index contributed by atoms with van der Waals surface area (Å²) in [7, 11) is 0. The number of nitrogens with zero attached hydrogens (tertiary/aromatic N) is 4. The number of alkyl halides is 3. The molecule has 0 fully saturated rings. The van der Waals surface area contributed by atoms with Gasteiger partial charge in [-0.05, 0) is 32.0 Å². The molecule has 0 saturated carbocycles. The fourth-order valence-corrected chi connectivity index (χ4v) is 2.44. The minimum Gasteiger partial charge on any atom is -0.340 e. The molecule has 134 valence electrons. The molecule has 2 aromatic heterocycles. The van der Waals surface area contributed by atoms with E-state index in [0.717, 1.165) is 12.1 Å². The minimum absolute atomic E-state index is 0.120. The molecular weight excluding hydrogens is 347 g/mol. The monoisotopic (exact) mass is 361 g/mol. The first kappa shape index (κ1) is 17.6. The van der Waals surface area contributed by atoms with Gasteiger partial charge in [0.1, 0.15) is 12.1 Å². The summed E-state index contributed by atoms with van der Waals surface area (Å²) >= 11 is 0. The van der Waals surface area contributed by atoms with Crippen LogP contribution in [-0.2, 0) is 6.18 Å². The van der Waals surface area contributed by atoms with Gasteiger partial charge in [-0.2, -0.15) is 18.3 Å². The van der Waals surface area contributed by atoms with Crippen LogP contribution >= 0.6 is 0 Å². The lowest BCUT2D eigenvalue weighted by molar-refractivity contribution is -0.137. The maximum Gasteiger partial charge on any atom is 0.416 e. The smallest absolute Gasteiger partial charge is 0.340 e. The summed E-state index contributed by atoms with van der Waals surface area (Å²) in [5.41, 5.74) is 0.564. The van der Waals surface area contributed by atoms with Gasteiger partial charge >= 0.3 is 6.18 Å². The van der Waals surface area contributed by atoms with E-state index < -0.39 is 11.7 Å². The van der Waals surface area contributed by atoms with Crippen molar-refractivity contribution in [1.29, 1.82) is 0 Å². The van der Waals surface area contributed by atoms with Crippen LogP contribution in [-0.4, -0.2) is 25.5 Å². The maximum atomic E-state index is 12.8. The van der Waals surface area contributed by atoms with Gasteiger partial charge in [-0.3, -0.25) is 4.79 Å². The predicted octanol–water partition coefficient (Wildman–Crippen LogP) is 3.94. The van der Waals surface area contributed by atoms with Crippen LogP contribution in [0, 0.1) is 6.92 Å². The Morgan fingerprint density at radius 2 is 1.96 bits per heavy atom. The molecule has 1 aromatic carbocycles. The second kappa shape index (κ2) is 6.58. The molecular formula is C17H14F3N5O. The van der Waals surface area contributed by atoms with E-state index in [1.165, 1.54) is 42.3 Å². The van der Waals surface area contributed by atoms with Crippen molar-refractivity contribution >= 4 is 17.3 Å². The molecule has 2 heterocycles. The topological polar surface area (TPSA) is 72.7 Å². The number of rotatable bonds is 4. The zero-order valence-corrected chi connectivity index (χ0v) is 13.9. The van der Waals surface area contributed by atoms with Gasteiger partial charge in [-0.1, -0.05) is 6.07 Å². The van der Waals surface area contributed by atoms with E-state index in [4.69, 9.17) is 0 Å². The van der Waals surface area contributed by atoms with E-state index in [2.05, 4.69) is 20.4 Å². The highest BCUT2D eigenvalue weighted by Crippen LogP contribution is 2.31. The van der Waals surface area contributed by atoms with Crippen LogP contribution in [0.4, 0.5) is 24.7 Å². The van der Waals surface area contributed by atoms with Gasteiger partial charge in [-0.15, -0.1) is 0 Å². The lowest BCUT2D eigenvalue weighted by Crippen LogP contribution is -2.06.